The van der Waals surface area contributed by atoms with E-state index in [-0.39, 0.29) is 57.4 Å². The van der Waals surface area contributed by atoms with Gasteiger partial charge in [-0.05, 0) is 6.42 Å². The van der Waals surface area contributed by atoms with Crippen LogP contribution in [0.1, 0.15) is 19.8 Å². The van der Waals surface area contributed by atoms with Gasteiger partial charge in [-0.3, -0.25) is 4.79 Å². The van der Waals surface area contributed by atoms with Crippen LogP contribution in [0.2, 0.25) is 0 Å². The van der Waals surface area contributed by atoms with Crippen LogP contribution in [0, 0.1) is 0 Å². The van der Waals surface area contributed by atoms with E-state index in [2.05, 4.69) is 0 Å². The fraction of sp³-hybridized carbons (Fsp3) is 0.857. The van der Waals surface area contributed by atoms with E-state index < -0.39 is 9.05 Å². The first-order valence-corrected chi connectivity index (χ1v) is 5.64. The minimum atomic E-state index is -3.17. The summed E-state index contributed by atoms with van der Waals surface area (Å²) >= 11 is 0. The molecule has 1 radical (unpaired) electrons. The third-order valence-electron chi connectivity index (χ3n) is 1.44. The molecule has 79 valence electrons. The summed E-state index contributed by atoms with van der Waals surface area (Å²) in [6.45, 7) is 1.89. The van der Waals surface area contributed by atoms with Crippen LogP contribution in [0.25, 0.3) is 0 Å². The van der Waals surface area contributed by atoms with Gasteiger partial charge in [0.05, 0.1) is 0 Å². The van der Waals surface area contributed by atoms with E-state index in [1.165, 1.54) is 21.3 Å². The van der Waals surface area contributed by atoms with Crippen molar-refractivity contribution in [2.75, 3.05) is 21.3 Å². The molecule has 0 aliphatic rings. The first-order chi connectivity index (χ1) is 6.14. The molecule has 0 saturated heterocycles. The van der Waals surface area contributed by atoms with Gasteiger partial charge < -0.3 is 17.7 Å². The third-order valence-corrected chi connectivity index (χ3v) is 3.42. The second kappa shape index (κ2) is 9.43. The van der Waals surface area contributed by atoms with Crippen molar-refractivity contribution in [3.63, 3.8) is 0 Å². The van der Waals surface area contributed by atoms with E-state index in [9.17, 15) is 4.79 Å². The molecule has 0 amide bonds. The van der Waals surface area contributed by atoms with Gasteiger partial charge in [-0.2, -0.15) is 0 Å². The van der Waals surface area contributed by atoms with Crippen molar-refractivity contribution >= 4 is 66.4 Å². The molecular formula is C7H16KO5Si. The van der Waals surface area contributed by atoms with Crippen LogP contribution in [0.5, 0.6) is 0 Å². The van der Waals surface area contributed by atoms with Crippen molar-refractivity contribution in [2.24, 2.45) is 0 Å². The molecule has 0 atom stereocenters. The van der Waals surface area contributed by atoms with Crippen molar-refractivity contribution in [1.29, 1.82) is 0 Å². The molecule has 0 spiro atoms. The van der Waals surface area contributed by atoms with Crippen LogP contribution in [-0.2, 0) is 22.5 Å². The van der Waals surface area contributed by atoms with Crippen molar-refractivity contribution in [3.05, 3.63) is 0 Å². The van der Waals surface area contributed by atoms with Crippen molar-refractivity contribution in [1.82, 2.24) is 0 Å². The molecule has 14 heavy (non-hydrogen) atoms. The molecule has 0 unspecified atom stereocenters. The molecule has 0 aromatic rings. The maximum atomic E-state index is 11.1. The van der Waals surface area contributed by atoms with Gasteiger partial charge >= 0.3 is 9.05 Å². The number of carbonyl (C=O) groups is 1. The predicted octanol–water partition coefficient (Wildman–Crippen LogP) is 0.324. The van der Waals surface area contributed by atoms with E-state index >= 15 is 0 Å². The summed E-state index contributed by atoms with van der Waals surface area (Å²) < 4.78 is 19.7. The molecule has 0 N–H and O–H groups in total. The Kier molecular flexibility index (Phi) is 11.9. The van der Waals surface area contributed by atoms with Crippen LogP contribution >= 0.6 is 0 Å². The maximum Gasteiger partial charge on any atom is 0.750 e. The molecule has 0 bridgehead atoms. The molecule has 0 rings (SSSR count). The summed E-state index contributed by atoms with van der Waals surface area (Å²) in [5.74, 6) is -0.361. The summed E-state index contributed by atoms with van der Waals surface area (Å²) in [6, 6.07) is 0. The average Bonchev–Trinajstić information content (AvgIpc) is 2.15. The van der Waals surface area contributed by atoms with Crippen LogP contribution in [-0.4, -0.2) is 87.7 Å². The fourth-order valence-electron chi connectivity index (χ4n) is 0.770. The van der Waals surface area contributed by atoms with E-state index in [0.29, 0.717) is 6.42 Å². The average molecular weight is 247 g/mol. The van der Waals surface area contributed by atoms with E-state index in [1.807, 2.05) is 6.92 Å². The second-order valence-electron chi connectivity index (χ2n) is 2.34. The van der Waals surface area contributed by atoms with Gasteiger partial charge in [0.15, 0.2) is 0 Å². The number of hydrogen-bond acceptors (Lipinski definition) is 5. The van der Waals surface area contributed by atoms with Gasteiger partial charge in [0, 0.05) is 79.1 Å². The number of carbonyl (C=O) groups excluding carboxylic acids is 1. The van der Waals surface area contributed by atoms with E-state index in [0.717, 1.165) is 6.42 Å². The standard InChI is InChI=1S/C7H16O5Si.K/c1-5-6-7(8)12-13(9-2,10-3)11-4;/h5-6H2,1-4H3;. The van der Waals surface area contributed by atoms with Crippen LogP contribution in [0.3, 0.4) is 0 Å². The Morgan fingerprint density at radius 3 is 1.86 bits per heavy atom. The summed E-state index contributed by atoms with van der Waals surface area (Å²) in [5.41, 5.74) is 0. The Labute approximate surface area is 128 Å². The SMILES string of the molecule is CCCC(=O)O[Si](OC)(OC)OC.[K]. The van der Waals surface area contributed by atoms with Gasteiger partial charge in [-0.1, -0.05) is 6.92 Å². The first-order valence-electron chi connectivity index (χ1n) is 4.01. The zero-order chi connectivity index (χ0) is 10.3. The fourth-order valence-corrected chi connectivity index (χ4v) is 1.90. The summed E-state index contributed by atoms with van der Waals surface area (Å²) in [5, 5.41) is 0. The quantitative estimate of drug-likeness (QED) is 0.633. The Balaban J connectivity index is 0. The molecule has 0 aliphatic heterocycles. The summed E-state index contributed by atoms with van der Waals surface area (Å²) in [4.78, 5) is 11.1. The van der Waals surface area contributed by atoms with Crippen LogP contribution < -0.4 is 0 Å². The van der Waals surface area contributed by atoms with Crippen molar-refractivity contribution in [2.45, 2.75) is 19.8 Å². The van der Waals surface area contributed by atoms with E-state index in [4.69, 9.17) is 17.7 Å². The molecule has 0 heterocycles. The van der Waals surface area contributed by atoms with Gasteiger partial charge in [-0.25, -0.2) is 0 Å². The molecule has 0 aliphatic carbocycles. The molecular weight excluding hydrogens is 231 g/mol. The number of rotatable bonds is 6. The Morgan fingerprint density at radius 2 is 1.57 bits per heavy atom. The Hall–Kier alpha value is 1.20. The normalized spacial score (nSPS) is 10.6. The summed E-state index contributed by atoms with van der Waals surface area (Å²) in [7, 11) is 0.995. The zero-order valence-electron chi connectivity index (χ0n) is 9.46. The van der Waals surface area contributed by atoms with Gasteiger partial charge in [-0.15, -0.1) is 0 Å². The van der Waals surface area contributed by atoms with Gasteiger partial charge in [0.25, 0.3) is 5.97 Å². The van der Waals surface area contributed by atoms with E-state index in [1.54, 1.807) is 0 Å². The molecule has 0 aromatic carbocycles. The zero-order valence-corrected chi connectivity index (χ0v) is 13.6. The van der Waals surface area contributed by atoms with Gasteiger partial charge in [0.2, 0.25) is 0 Å². The Morgan fingerprint density at radius 1 is 1.14 bits per heavy atom. The maximum absolute atomic E-state index is 11.1. The predicted molar refractivity (Wildman–Crippen MR) is 53.5 cm³/mol. The first kappa shape index (κ1) is 17.6. The monoisotopic (exact) mass is 247 g/mol. The summed E-state index contributed by atoms with van der Waals surface area (Å²) in [6.07, 6.45) is 1.06. The van der Waals surface area contributed by atoms with Crippen LogP contribution in [0.4, 0.5) is 0 Å². The molecule has 0 fully saturated rings. The smallest absolute Gasteiger partial charge is 0.452 e. The second-order valence-corrected chi connectivity index (χ2v) is 4.77. The van der Waals surface area contributed by atoms with Crippen LogP contribution in [0.15, 0.2) is 0 Å². The number of hydrogen-bond donors (Lipinski definition) is 0. The minimum absolute atomic E-state index is 0. The largest absolute Gasteiger partial charge is 0.750 e. The minimum Gasteiger partial charge on any atom is -0.452 e. The van der Waals surface area contributed by atoms with Crippen molar-refractivity contribution < 1.29 is 22.5 Å². The van der Waals surface area contributed by atoms with Gasteiger partial charge in [0.1, 0.15) is 0 Å². The molecule has 0 aromatic heterocycles. The molecule has 7 heteroatoms. The topological polar surface area (TPSA) is 54.0 Å². The molecule has 0 saturated carbocycles. The third kappa shape index (κ3) is 5.93. The Bertz CT molecular complexity index is 154. The molecule has 5 nitrogen and oxygen atoms in total. The van der Waals surface area contributed by atoms with Crippen molar-refractivity contribution in [3.8, 4) is 0 Å².